The minimum atomic E-state index is -4.71. The average Bonchev–Trinajstić information content (AvgIpc) is 1.51. The molecule has 592 valence electrons. The van der Waals surface area contributed by atoms with Crippen molar-refractivity contribution in [3.05, 3.63) is 93.0 Å². The van der Waals surface area contributed by atoms with Crippen LogP contribution in [-0.2, 0) is 59.7 Å². The van der Waals surface area contributed by atoms with Crippen molar-refractivity contribution in [2.24, 2.45) is 67.0 Å². The molecule has 16 bridgehead atoms. The Balaban J connectivity index is 1.11. The van der Waals surface area contributed by atoms with Gasteiger partial charge in [0.1, 0.15) is 69.1 Å². The predicted molar refractivity (Wildman–Crippen MR) is 411 cm³/mol. The van der Waals surface area contributed by atoms with E-state index in [0.29, 0.717) is 122 Å². The Labute approximate surface area is 640 Å². The molecule has 0 heterocycles. The van der Waals surface area contributed by atoms with E-state index >= 15 is 33.7 Å². The van der Waals surface area contributed by atoms with Crippen molar-refractivity contribution >= 4 is 63.6 Å². The summed E-state index contributed by atoms with van der Waals surface area (Å²) in [4.78, 5) is 56.9. The van der Waals surface area contributed by atoms with Gasteiger partial charge < -0.3 is 35.7 Å². The van der Waals surface area contributed by atoms with Gasteiger partial charge in [-0.25, -0.2) is 0 Å². The third-order valence-corrected chi connectivity index (χ3v) is 35.0. The van der Waals surface area contributed by atoms with Gasteiger partial charge in [-0.05, 0) is 147 Å². The zero-order chi connectivity index (χ0) is 78.5. The van der Waals surface area contributed by atoms with E-state index in [4.69, 9.17) is 35.7 Å². The van der Waals surface area contributed by atoms with Crippen molar-refractivity contribution in [2.45, 2.75) is 235 Å². The van der Waals surface area contributed by atoms with Crippen LogP contribution in [-0.4, -0.2) is 108 Å². The zero-order valence-electron chi connectivity index (χ0n) is 66.0. The minimum absolute atomic E-state index is 0.0193. The number of methoxy groups -OCH3 is 4. The van der Waals surface area contributed by atoms with E-state index in [2.05, 4.69) is 0 Å². The number of Topliss-reactive ketones (excluding diaryl/α,β-unsaturated/α-hetero) is 4. The molecule has 20 nitrogen and oxygen atoms in total. The maximum atomic E-state index is 15.5. The summed E-state index contributed by atoms with van der Waals surface area (Å²) in [5.74, 6) is -6.62. The van der Waals surface area contributed by atoms with Gasteiger partial charge in [0.05, 0.1) is 73.1 Å². The highest BCUT2D eigenvalue weighted by atomic mass is 32.2. The SMILES string of the molecule is CCC[C@H]1c2cc(c(OS(=O)(=O)C[C@]34CC[C@H](CC3=O)C4(C)C)cc2OC)[C@@H](CCC)c2cc(c(OS(=O)(=O)C[C@]34CC[C@H](CC3=O)C4(C)C)cc2OC)[C@@H](CCC)c2cc(c(OS(=O)(=O)C[C@]34CC[C@H](CC3=O)C4(C)C)cc2OC)[C@@H](CCC)c2cc1c(OS(=O)(=O)C[C@]13CC[C@H](CC1=O)C3(C)C)cc2OC. The molecule has 0 amide bonds. The molecule has 8 fully saturated rings. The van der Waals surface area contributed by atoms with E-state index in [9.17, 15) is 19.2 Å². The summed E-state index contributed by atoms with van der Waals surface area (Å²) in [6, 6.07) is 13.4. The number of fused-ring (bicyclic) bond motifs is 16. The lowest BCUT2D eigenvalue weighted by molar-refractivity contribution is -0.128. The smallest absolute Gasteiger partial charge is 0.310 e. The number of benzene rings is 4. The van der Waals surface area contributed by atoms with E-state index in [0.717, 1.165) is 0 Å². The van der Waals surface area contributed by atoms with Gasteiger partial charge in [-0.3, -0.25) is 19.2 Å². The molecule has 4 aromatic carbocycles. The summed E-state index contributed by atoms with van der Waals surface area (Å²) in [5.41, 5.74) is -4.61. The van der Waals surface area contributed by atoms with Crippen molar-refractivity contribution in [3.8, 4) is 46.0 Å². The van der Waals surface area contributed by atoms with Crippen molar-refractivity contribution < 1.29 is 88.5 Å². The van der Waals surface area contributed by atoms with Crippen LogP contribution in [0, 0.1) is 67.0 Å². The van der Waals surface area contributed by atoms with E-state index < -0.39 is 130 Å². The van der Waals surface area contributed by atoms with Crippen LogP contribution in [0.1, 0.15) is 280 Å². The number of hydrogen-bond donors (Lipinski definition) is 0. The number of rotatable bonds is 28. The van der Waals surface area contributed by atoms with Gasteiger partial charge in [-0.15, -0.1) is 0 Å². The Morgan fingerprint density at radius 2 is 0.472 bits per heavy atom. The normalized spacial score (nSPS) is 30.3. The molecule has 0 saturated heterocycles. The standard InChI is InChI=1S/C84H112O20S4/c1-17-21-53-57-37-62(70(41-65(57)97-13)102-106(91,92)46-82-30-26-50(34-74(82)86)78(82,7)8)55(23-19-3)59-39-64(72(43-67(59)99-15)104-108(95,96)48-84-32-28-52(36-76(84)88)80(84,11)12)56(24-20-4)60-40-63(71(44-68(60)100-16)103-107(93,94)47-83-31-27-51(35-75(83)87)79(83,9)10)54(22-18-2)58-38-61(53)69(42-66(58)98-14)101-105(89,90)45-81-29-25-49(33-73(81)85)77(81,5)6/h37-44,49-56H,17-36,45-48H2,1-16H3/t49-,50-,51-,52-,53+,54+,55+,56+,81-,82-,83-,84-/m1/s1. The Morgan fingerprint density at radius 3 is 0.611 bits per heavy atom. The molecule has 12 atom stereocenters. The molecule has 8 saturated carbocycles. The first-order chi connectivity index (χ1) is 50.6. The molecule has 0 spiro atoms. The third kappa shape index (κ3) is 12.6. The molecule has 0 aliphatic heterocycles. The second kappa shape index (κ2) is 27.8. The van der Waals surface area contributed by atoms with E-state index in [1.807, 2.05) is 107 Å². The van der Waals surface area contributed by atoms with Crippen molar-refractivity contribution in [1.29, 1.82) is 0 Å². The first-order valence-electron chi connectivity index (χ1n) is 39.3. The van der Waals surface area contributed by atoms with E-state index in [1.54, 1.807) is 0 Å². The highest BCUT2D eigenvalue weighted by Crippen LogP contribution is 2.69. The van der Waals surface area contributed by atoms with Gasteiger partial charge in [0.15, 0.2) is 0 Å². The van der Waals surface area contributed by atoms with E-state index in [1.165, 1.54) is 52.7 Å². The van der Waals surface area contributed by atoms with Gasteiger partial charge >= 0.3 is 40.5 Å². The maximum Gasteiger partial charge on any atom is 0.310 e. The highest BCUT2D eigenvalue weighted by molar-refractivity contribution is 7.88. The topological polar surface area (TPSA) is 279 Å². The molecule has 0 aromatic heterocycles. The van der Waals surface area contributed by atoms with Crippen LogP contribution in [0.25, 0.3) is 0 Å². The maximum absolute atomic E-state index is 15.5. The summed E-state index contributed by atoms with van der Waals surface area (Å²) in [5, 5.41) is 0. The molecule has 4 aromatic rings. The van der Waals surface area contributed by atoms with Gasteiger partial charge in [0.2, 0.25) is 0 Å². The fraction of sp³-hybridized carbons (Fsp3) is 0.667. The first kappa shape index (κ1) is 79.8. The van der Waals surface area contributed by atoms with Gasteiger partial charge in [-0.2, -0.15) is 33.7 Å². The van der Waals surface area contributed by atoms with Crippen LogP contribution >= 0.6 is 0 Å². The second-order valence-corrected chi connectivity index (χ2v) is 42.0. The molecule has 0 radical (unpaired) electrons. The van der Waals surface area contributed by atoms with E-state index in [-0.39, 0.29) is 144 Å². The quantitative estimate of drug-likeness (QED) is 0.0478. The second-order valence-electron chi connectivity index (χ2n) is 35.7. The van der Waals surface area contributed by atoms with Gasteiger partial charge in [0.25, 0.3) is 0 Å². The highest BCUT2D eigenvalue weighted by Gasteiger charge is 2.69. The van der Waals surface area contributed by atoms with Crippen LogP contribution in [0.5, 0.6) is 46.0 Å². The Hall–Kier alpha value is -6.24. The molecule has 108 heavy (non-hydrogen) atoms. The monoisotopic (exact) mass is 1570 g/mol. The van der Waals surface area contributed by atoms with Crippen LogP contribution in [0.4, 0.5) is 0 Å². The fourth-order valence-electron chi connectivity index (χ4n) is 22.9. The van der Waals surface area contributed by atoms with Crippen LogP contribution in [0.2, 0.25) is 0 Å². The number of ketones is 4. The number of carbonyl (C=O) groups excluding carboxylic acids is 4. The number of ether oxygens (including phenoxy) is 4. The molecular formula is C84H112O20S4. The minimum Gasteiger partial charge on any atom is -0.496 e. The third-order valence-electron chi connectivity index (χ3n) is 29.9. The molecular weight excluding hydrogens is 1460 g/mol. The largest absolute Gasteiger partial charge is 0.496 e. The number of carbonyl (C=O) groups is 4. The van der Waals surface area contributed by atoms with Crippen molar-refractivity contribution in [1.82, 2.24) is 0 Å². The van der Waals surface area contributed by atoms with Gasteiger partial charge in [0, 0.05) is 118 Å². The summed E-state index contributed by atoms with van der Waals surface area (Å²) >= 11 is 0. The fourth-order valence-corrected chi connectivity index (χ4v) is 30.0. The van der Waals surface area contributed by atoms with Crippen LogP contribution in [0.3, 0.4) is 0 Å². The Kier molecular flexibility index (Phi) is 20.6. The van der Waals surface area contributed by atoms with Crippen molar-refractivity contribution in [2.75, 3.05) is 51.5 Å². The zero-order valence-corrected chi connectivity index (χ0v) is 69.3. The Bertz CT molecular complexity index is 4200. The first-order valence-corrected chi connectivity index (χ1v) is 45.6. The molecule has 13 rings (SSSR count). The molecule has 0 unspecified atom stereocenters. The summed E-state index contributed by atoms with van der Waals surface area (Å²) in [6.45, 7) is 23.5. The predicted octanol–water partition coefficient (Wildman–Crippen LogP) is 16.2. The molecule has 0 N–H and O–H groups in total. The summed E-state index contributed by atoms with van der Waals surface area (Å²) in [6.07, 6.45) is 7.99. The Morgan fingerprint density at radius 1 is 0.296 bits per heavy atom. The number of hydrogen-bond acceptors (Lipinski definition) is 20. The van der Waals surface area contributed by atoms with Crippen LogP contribution < -0.4 is 35.7 Å². The summed E-state index contributed by atoms with van der Waals surface area (Å²) in [7, 11) is -13.1. The van der Waals surface area contributed by atoms with Crippen LogP contribution in [0.15, 0.2) is 48.5 Å². The van der Waals surface area contributed by atoms with Gasteiger partial charge in [-0.1, -0.05) is 109 Å². The lowest BCUT2D eigenvalue weighted by Crippen LogP contribution is -2.43. The van der Waals surface area contributed by atoms with Crippen molar-refractivity contribution in [3.63, 3.8) is 0 Å². The molecule has 9 aliphatic rings. The molecule has 24 heteroatoms. The summed E-state index contributed by atoms with van der Waals surface area (Å²) < 4.78 is 176. The lowest BCUT2D eigenvalue weighted by atomic mass is 9.70. The molecule has 9 aliphatic carbocycles. The average molecular weight is 1570 g/mol. The lowest BCUT2D eigenvalue weighted by Gasteiger charge is -2.36.